The van der Waals surface area contributed by atoms with Crippen molar-refractivity contribution in [2.24, 2.45) is 0 Å². The Morgan fingerprint density at radius 3 is 2.79 bits per heavy atom. The van der Waals surface area contributed by atoms with E-state index >= 15 is 0 Å². The predicted octanol–water partition coefficient (Wildman–Crippen LogP) is -1.88. The van der Waals surface area contributed by atoms with Crippen molar-refractivity contribution in [3.05, 3.63) is 22.7 Å². The van der Waals surface area contributed by atoms with Crippen molar-refractivity contribution in [1.82, 2.24) is 9.55 Å². The number of halogens is 1. The molecule has 0 aliphatic carbocycles. The molecular weight excluding hydrogens is 261 g/mol. The Morgan fingerprint density at radius 1 is 1.68 bits per heavy atom. The lowest BCUT2D eigenvalue weighted by Gasteiger charge is -2.27. The molecular formula is C10H14FN3O5. The highest BCUT2D eigenvalue weighted by Gasteiger charge is 2.62. The number of hydrogen-bond acceptors (Lipinski definition) is 7. The average Bonchev–Trinajstić information content (AvgIpc) is 2.51. The van der Waals surface area contributed by atoms with Gasteiger partial charge in [-0.3, -0.25) is 4.57 Å². The van der Waals surface area contributed by atoms with Crippen LogP contribution < -0.4 is 11.4 Å². The first-order chi connectivity index (χ1) is 8.72. The lowest BCUT2D eigenvalue weighted by atomic mass is 9.95. The summed E-state index contributed by atoms with van der Waals surface area (Å²) in [6.07, 6.45) is -2.42. The number of aliphatic hydroxyl groups excluding tert-OH is 2. The number of rotatable bonds is 2. The van der Waals surface area contributed by atoms with Gasteiger partial charge in [0, 0.05) is 6.20 Å². The molecule has 2 heterocycles. The highest BCUT2D eigenvalue weighted by atomic mass is 19.2. The predicted molar refractivity (Wildman–Crippen MR) is 60.6 cm³/mol. The molecule has 106 valence electrons. The zero-order valence-corrected chi connectivity index (χ0v) is 10.0. The van der Waals surface area contributed by atoms with Crippen molar-refractivity contribution in [2.75, 3.05) is 12.3 Å². The van der Waals surface area contributed by atoms with Crippen LogP contribution in [0.15, 0.2) is 17.1 Å². The molecule has 4 atom stereocenters. The number of alkyl halides is 1. The number of nitrogens with zero attached hydrogens (tertiary/aromatic N) is 2. The van der Waals surface area contributed by atoms with Crippen molar-refractivity contribution in [3.63, 3.8) is 0 Å². The first kappa shape index (κ1) is 13.9. The van der Waals surface area contributed by atoms with Gasteiger partial charge in [-0.05, 0) is 13.0 Å². The van der Waals surface area contributed by atoms with E-state index in [4.69, 9.17) is 15.6 Å². The summed E-state index contributed by atoms with van der Waals surface area (Å²) in [6, 6.07) is 1.25. The molecule has 1 fully saturated rings. The van der Waals surface area contributed by atoms with Gasteiger partial charge in [0.1, 0.15) is 24.1 Å². The minimum atomic E-state index is -2.87. The third kappa shape index (κ3) is 2.00. The summed E-state index contributed by atoms with van der Waals surface area (Å²) >= 11 is 0. The minimum absolute atomic E-state index is 0.0480. The van der Waals surface area contributed by atoms with Crippen molar-refractivity contribution in [1.29, 1.82) is 0 Å². The topological polar surface area (TPSA) is 131 Å². The summed E-state index contributed by atoms with van der Waals surface area (Å²) in [6.45, 7) is -0.0832. The fraction of sp³-hybridized carbons (Fsp3) is 0.600. The molecule has 1 saturated heterocycles. The first-order valence-corrected chi connectivity index (χ1v) is 5.45. The van der Waals surface area contributed by atoms with Gasteiger partial charge in [-0.1, -0.05) is 0 Å². The van der Waals surface area contributed by atoms with Crippen LogP contribution in [0, 0.1) is 0 Å². The molecule has 2 rings (SSSR count). The highest BCUT2D eigenvalue weighted by Crippen LogP contribution is 2.44. The number of nitrogens with two attached hydrogens (primary N) is 1. The van der Waals surface area contributed by atoms with E-state index in [0.29, 0.717) is 0 Å². The summed E-state index contributed by atoms with van der Waals surface area (Å²) in [7, 11) is 0. The fourth-order valence-electron chi connectivity index (χ4n) is 2.01. The molecule has 0 unspecified atom stereocenters. The summed E-state index contributed by atoms with van der Waals surface area (Å²) in [4.78, 5) is 15.0. The number of ether oxygens (including phenoxy) is 1. The zero-order valence-electron chi connectivity index (χ0n) is 10.0. The van der Waals surface area contributed by atoms with Crippen molar-refractivity contribution in [3.8, 4) is 0 Å². The molecule has 5 N–H and O–H groups in total. The number of anilines is 1. The maximum absolute atomic E-state index is 14.0. The molecule has 1 aliphatic heterocycles. The van der Waals surface area contributed by atoms with E-state index in [0.717, 1.165) is 17.7 Å². The van der Waals surface area contributed by atoms with Crippen LogP contribution in [0.3, 0.4) is 0 Å². The van der Waals surface area contributed by atoms with Gasteiger partial charge in [-0.2, -0.15) is 4.98 Å². The summed E-state index contributed by atoms with van der Waals surface area (Å²) in [5.74, 6) is -2.91. The smallest absolute Gasteiger partial charge is 0.351 e. The Morgan fingerprint density at radius 2 is 2.32 bits per heavy atom. The second kappa shape index (κ2) is 4.23. The van der Waals surface area contributed by atoms with Crippen LogP contribution in [0.25, 0.3) is 0 Å². The number of aliphatic hydroxyl groups is 3. The molecule has 0 radical (unpaired) electrons. The van der Waals surface area contributed by atoms with Crippen LogP contribution >= 0.6 is 0 Å². The molecule has 1 aliphatic rings. The summed E-state index contributed by atoms with van der Waals surface area (Å²) in [5, 5.41) is 28.7. The molecule has 1 aromatic heterocycles. The molecule has 0 amide bonds. The second-order valence-corrected chi connectivity index (χ2v) is 4.59. The molecule has 8 nitrogen and oxygen atoms in total. The van der Waals surface area contributed by atoms with E-state index in [1.165, 1.54) is 6.07 Å². The van der Waals surface area contributed by atoms with Gasteiger partial charge in [-0.15, -0.1) is 0 Å². The molecule has 0 bridgehead atoms. The summed E-state index contributed by atoms with van der Waals surface area (Å²) < 4.78 is 19.6. The van der Waals surface area contributed by atoms with E-state index in [1.54, 1.807) is 0 Å². The number of nitrogen functional groups attached to an aromatic ring is 1. The van der Waals surface area contributed by atoms with E-state index in [2.05, 4.69) is 4.98 Å². The maximum Gasteiger partial charge on any atom is 0.351 e. The standard InChI is InChI=1S/C10H14FN3O5/c1-9(18)6(16)10(11,4-15)19-7(9)14-3-2-5(12)13-8(14)17/h2-3,6-7,15-16,18H,4H2,1H3,(H2,12,13,17)/t6-,7+,9+,10+/m0/s1. The van der Waals surface area contributed by atoms with Crippen molar-refractivity contribution in [2.45, 2.75) is 30.7 Å². The number of aromatic nitrogens is 2. The van der Waals surface area contributed by atoms with E-state index in [1.807, 2.05) is 0 Å². The van der Waals surface area contributed by atoms with Crippen molar-refractivity contribution >= 4 is 5.82 Å². The zero-order chi connectivity index (χ0) is 14.4. The van der Waals surface area contributed by atoms with Gasteiger partial charge >= 0.3 is 5.69 Å². The van der Waals surface area contributed by atoms with Crippen LogP contribution in [-0.4, -0.2) is 49.0 Å². The molecule has 9 heteroatoms. The van der Waals surface area contributed by atoms with Gasteiger partial charge in [0.2, 0.25) is 0 Å². The molecule has 0 saturated carbocycles. The van der Waals surface area contributed by atoms with E-state index in [9.17, 15) is 19.4 Å². The van der Waals surface area contributed by atoms with Crippen LogP contribution in [0.1, 0.15) is 13.2 Å². The lowest BCUT2D eigenvalue weighted by molar-refractivity contribution is -0.207. The largest absolute Gasteiger partial charge is 0.390 e. The third-order valence-corrected chi connectivity index (χ3v) is 3.09. The fourth-order valence-corrected chi connectivity index (χ4v) is 2.01. The van der Waals surface area contributed by atoms with Crippen LogP contribution in [0.2, 0.25) is 0 Å². The van der Waals surface area contributed by atoms with Crippen LogP contribution in [0.4, 0.5) is 10.2 Å². The Labute approximate surface area is 106 Å². The van der Waals surface area contributed by atoms with Gasteiger partial charge < -0.3 is 25.8 Å². The molecule has 0 spiro atoms. The Balaban J connectivity index is 2.48. The van der Waals surface area contributed by atoms with E-state index < -0.39 is 36.1 Å². The summed E-state index contributed by atoms with van der Waals surface area (Å²) in [5.41, 5.74) is 2.31. The SMILES string of the molecule is C[C@]1(O)[C@H](n2ccc(N)nc2=O)O[C@](F)(CO)[C@H]1O. The normalized spacial score (nSPS) is 38.6. The van der Waals surface area contributed by atoms with Crippen LogP contribution in [-0.2, 0) is 4.74 Å². The van der Waals surface area contributed by atoms with Gasteiger partial charge in [-0.25, -0.2) is 9.18 Å². The van der Waals surface area contributed by atoms with Crippen molar-refractivity contribution < 1.29 is 24.4 Å². The Bertz CT molecular complexity index is 548. The first-order valence-electron chi connectivity index (χ1n) is 5.45. The molecule has 1 aromatic rings. The average molecular weight is 275 g/mol. The Kier molecular flexibility index (Phi) is 3.09. The third-order valence-electron chi connectivity index (χ3n) is 3.09. The van der Waals surface area contributed by atoms with Crippen LogP contribution in [0.5, 0.6) is 0 Å². The highest BCUT2D eigenvalue weighted by molar-refractivity contribution is 5.24. The second-order valence-electron chi connectivity index (χ2n) is 4.59. The Hall–Kier alpha value is -1.55. The van der Waals surface area contributed by atoms with E-state index in [-0.39, 0.29) is 5.82 Å². The lowest BCUT2D eigenvalue weighted by Crippen LogP contribution is -2.49. The van der Waals surface area contributed by atoms with Gasteiger partial charge in [0.25, 0.3) is 5.85 Å². The quantitative estimate of drug-likeness (QED) is 0.497. The number of hydrogen-bond donors (Lipinski definition) is 4. The maximum atomic E-state index is 14.0. The molecule has 0 aromatic carbocycles. The minimum Gasteiger partial charge on any atom is -0.390 e. The monoisotopic (exact) mass is 275 g/mol. The van der Waals surface area contributed by atoms with Gasteiger partial charge in [0.05, 0.1) is 0 Å². The van der Waals surface area contributed by atoms with Gasteiger partial charge in [0.15, 0.2) is 6.23 Å². The molecule has 19 heavy (non-hydrogen) atoms.